The number of nitrogens with one attached hydrogen (secondary N) is 1. The zero-order chi connectivity index (χ0) is 15.3. The molecule has 2 N–H and O–H groups in total. The van der Waals surface area contributed by atoms with Crippen LogP contribution in [-0.4, -0.2) is 23.2 Å². The Hall–Kier alpha value is -1.55. The first-order chi connectivity index (χ1) is 10.0. The first kappa shape index (κ1) is 15.8. The molecule has 4 heteroatoms. The molecule has 1 aromatic rings. The van der Waals surface area contributed by atoms with Crippen molar-refractivity contribution in [1.29, 1.82) is 0 Å². The van der Waals surface area contributed by atoms with Crippen molar-refractivity contribution in [2.75, 3.05) is 6.54 Å². The summed E-state index contributed by atoms with van der Waals surface area (Å²) in [7, 11) is 0. The predicted octanol–water partition coefficient (Wildman–Crippen LogP) is 2.91. The van der Waals surface area contributed by atoms with Crippen LogP contribution < -0.4 is 5.32 Å². The molecule has 1 atom stereocenters. The molecule has 1 fully saturated rings. The molecular weight excluding hydrogens is 266 g/mol. The van der Waals surface area contributed by atoms with Gasteiger partial charge < -0.3 is 14.8 Å². The van der Waals surface area contributed by atoms with Gasteiger partial charge in [-0.25, -0.2) is 0 Å². The summed E-state index contributed by atoms with van der Waals surface area (Å²) in [4.78, 5) is 11.8. The van der Waals surface area contributed by atoms with Crippen LogP contribution in [0.2, 0.25) is 0 Å². The Morgan fingerprint density at radius 3 is 2.81 bits per heavy atom. The van der Waals surface area contributed by atoms with E-state index in [1.165, 1.54) is 18.9 Å². The standard InChI is InChI=1S/C17H25NO3/c1-3-14-8-9-15(21-14)10-11-16(19)18-12-17(2,20)13-6-4-5-7-13/h8-11,13,20H,3-7,12H2,1-2H3,(H,18,19)/b11-10+. The summed E-state index contributed by atoms with van der Waals surface area (Å²) in [6.45, 7) is 4.12. The van der Waals surface area contributed by atoms with E-state index in [-0.39, 0.29) is 5.91 Å². The third-order valence-corrected chi connectivity index (χ3v) is 4.29. The summed E-state index contributed by atoms with van der Waals surface area (Å²) in [5.41, 5.74) is -0.819. The van der Waals surface area contributed by atoms with Gasteiger partial charge >= 0.3 is 0 Å². The molecule has 1 saturated carbocycles. The average Bonchev–Trinajstić information content (AvgIpc) is 3.13. The lowest BCUT2D eigenvalue weighted by Crippen LogP contribution is -2.44. The maximum Gasteiger partial charge on any atom is 0.244 e. The molecule has 1 aromatic heterocycles. The zero-order valence-electron chi connectivity index (χ0n) is 12.9. The summed E-state index contributed by atoms with van der Waals surface area (Å²) in [5, 5.41) is 13.2. The van der Waals surface area contributed by atoms with Crippen molar-refractivity contribution in [3.05, 3.63) is 29.7 Å². The fraction of sp³-hybridized carbons (Fsp3) is 0.588. The molecule has 0 spiro atoms. The van der Waals surface area contributed by atoms with E-state index in [4.69, 9.17) is 4.42 Å². The van der Waals surface area contributed by atoms with Crippen molar-refractivity contribution >= 4 is 12.0 Å². The molecule has 0 saturated heterocycles. The van der Waals surface area contributed by atoms with Crippen molar-refractivity contribution in [3.63, 3.8) is 0 Å². The first-order valence-corrected chi connectivity index (χ1v) is 7.78. The Morgan fingerprint density at radius 1 is 1.48 bits per heavy atom. The molecule has 0 aliphatic heterocycles. The molecule has 1 aliphatic rings. The third-order valence-electron chi connectivity index (χ3n) is 4.29. The minimum absolute atomic E-state index is 0.206. The Morgan fingerprint density at radius 2 is 2.19 bits per heavy atom. The van der Waals surface area contributed by atoms with E-state index in [0.717, 1.165) is 25.0 Å². The SMILES string of the molecule is CCc1ccc(/C=C/C(=O)NCC(C)(O)C2CCCC2)o1. The average molecular weight is 291 g/mol. The zero-order valence-corrected chi connectivity index (χ0v) is 12.9. The number of rotatable bonds is 6. The van der Waals surface area contributed by atoms with E-state index >= 15 is 0 Å². The Bertz CT molecular complexity index is 496. The van der Waals surface area contributed by atoms with Crippen molar-refractivity contribution in [2.24, 2.45) is 5.92 Å². The molecule has 116 valence electrons. The number of carbonyl (C=O) groups is 1. The van der Waals surface area contributed by atoms with E-state index in [1.54, 1.807) is 6.08 Å². The van der Waals surface area contributed by atoms with E-state index in [2.05, 4.69) is 5.32 Å². The fourth-order valence-electron chi connectivity index (χ4n) is 2.85. The summed E-state index contributed by atoms with van der Waals surface area (Å²) >= 11 is 0. The lowest BCUT2D eigenvalue weighted by atomic mass is 9.88. The monoisotopic (exact) mass is 291 g/mol. The molecule has 0 aromatic carbocycles. The van der Waals surface area contributed by atoms with E-state index in [9.17, 15) is 9.90 Å². The number of carbonyl (C=O) groups excluding carboxylic acids is 1. The Kier molecular flexibility index (Phi) is 5.23. The van der Waals surface area contributed by atoms with Gasteiger partial charge in [0.2, 0.25) is 5.91 Å². The summed E-state index contributed by atoms with van der Waals surface area (Å²) in [5.74, 6) is 1.66. The van der Waals surface area contributed by atoms with Crippen LogP contribution in [0.1, 0.15) is 51.1 Å². The highest BCUT2D eigenvalue weighted by atomic mass is 16.3. The van der Waals surface area contributed by atoms with Gasteiger partial charge in [-0.05, 0) is 43.9 Å². The second-order valence-electron chi connectivity index (χ2n) is 6.05. The van der Waals surface area contributed by atoms with Gasteiger partial charge in [-0.15, -0.1) is 0 Å². The van der Waals surface area contributed by atoms with E-state index in [1.807, 2.05) is 26.0 Å². The number of furan rings is 1. The minimum atomic E-state index is -0.819. The molecule has 1 heterocycles. The van der Waals surface area contributed by atoms with Crippen LogP contribution in [0.4, 0.5) is 0 Å². The summed E-state index contributed by atoms with van der Waals surface area (Å²) in [6, 6.07) is 3.75. The largest absolute Gasteiger partial charge is 0.462 e. The number of aliphatic hydroxyl groups is 1. The van der Waals surface area contributed by atoms with Gasteiger partial charge in [0.05, 0.1) is 5.60 Å². The van der Waals surface area contributed by atoms with Gasteiger partial charge in [0, 0.05) is 19.0 Å². The summed E-state index contributed by atoms with van der Waals surface area (Å²) < 4.78 is 5.49. The van der Waals surface area contributed by atoms with Crippen LogP contribution in [0.5, 0.6) is 0 Å². The number of amides is 1. The van der Waals surface area contributed by atoms with Crippen LogP contribution in [0.3, 0.4) is 0 Å². The molecule has 0 bridgehead atoms. The number of hydrogen-bond donors (Lipinski definition) is 2. The van der Waals surface area contributed by atoms with Crippen LogP contribution in [0, 0.1) is 5.92 Å². The topological polar surface area (TPSA) is 62.5 Å². The second-order valence-corrected chi connectivity index (χ2v) is 6.05. The third kappa shape index (κ3) is 4.46. The highest BCUT2D eigenvalue weighted by Crippen LogP contribution is 2.33. The normalized spacial score (nSPS) is 19.0. The fourth-order valence-corrected chi connectivity index (χ4v) is 2.85. The van der Waals surface area contributed by atoms with Gasteiger partial charge in [-0.2, -0.15) is 0 Å². The molecule has 21 heavy (non-hydrogen) atoms. The van der Waals surface area contributed by atoms with Gasteiger partial charge in [0.25, 0.3) is 0 Å². The number of aryl methyl sites for hydroxylation is 1. The molecular formula is C17H25NO3. The van der Waals surface area contributed by atoms with Crippen molar-refractivity contribution in [3.8, 4) is 0 Å². The van der Waals surface area contributed by atoms with Crippen LogP contribution >= 0.6 is 0 Å². The molecule has 0 radical (unpaired) electrons. The second kappa shape index (κ2) is 6.94. The molecule has 1 aliphatic carbocycles. The minimum Gasteiger partial charge on any atom is -0.462 e. The predicted molar refractivity (Wildman–Crippen MR) is 82.7 cm³/mol. The summed E-state index contributed by atoms with van der Waals surface area (Å²) in [6.07, 6.45) is 8.38. The van der Waals surface area contributed by atoms with Crippen LogP contribution in [0.15, 0.2) is 22.6 Å². The smallest absolute Gasteiger partial charge is 0.244 e. The molecule has 1 amide bonds. The quantitative estimate of drug-likeness (QED) is 0.792. The van der Waals surface area contributed by atoms with Crippen molar-refractivity contribution < 1.29 is 14.3 Å². The molecule has 1 unspecified atom stereocenters. The maximum absolute atomic E-state index is 11.8. The lowest BCUT2D eigenvalue weighted by Gasteiger charge is -2.30. The highest BCUT2D eigenvalue weighted by Gasteiger charge is 2.33. The van der Waals surface area contributed by atoms with Gasteiger partial charge in [-0.3, -0.25) is 4.79 Å². The van der Waals surface area contributed by atoms with Crippen LogP contribution in [0.25, 0.3) is 6.08 Å². The van der Waals surface area contributed by atoms with Crippen LogP contribution in [-0.2, 0) is 11.2 Å². The van der Waals surface area contributed by atoms with E-state index in [0.29, 0.717) is 18.2 Å². The Balaban J connectivity index is 1.81. The molecule has 2 rings (SSSR count). The van der Waals surface area contributed by atoms with Crippen molar-refractivity contribution in [1.82, 2.24) is 5.32 Å². The molecule has 4 nitrogen and oxygen atoms in total. The lowest BCUT2D eigenvalue weighted by molar-refractivity contribution is -0.118. The Labute approximate surface area is 126 Å². The maximum atomic E-state index is 11.8. The number of hydrogen-bond acceptors (Lipinski definition) is 3. The van der Waals surface area contributed by atoms with Gasteiger partial charge in [0.1, 0.15) is 11.5 Å². The van der Waals surface area contributed by atoms with Gasteiger partial charge in [0.15, 0.2) is 0 Å². The highest BCUT2D eigenvalue weighted by molar-refractivity contribution is 5.91. The van der Waals surface area contributed by atoms with E-state index < -0.39 is 5.60 Å². The first-order valence-electron chi connectivity index (χ1n) is 7.78. The van der Waals surface area contributed by atoms with Crippen molar-refractivity contribution in [2.45, 2.75) is 51.6 Å². The van der Waals surface area contributed by atoms with Gasteiger partial charge in [-0.1, -0.05) is 19.8 Å².